The van der Waals surface area contributed by atoms with E-state index in [1.54, 1.807) is 36.2 Å². The molecule has 0 saturated carbocycles. The van der Waals surface area contributed by atoms with Crippen LogP contribution in [0, 0.1) is 5.92 Å². The molecule has 1 N–H and O–H groups in total. The first-order valence-electron chi connectivity index (χ1n) is 10.00. The quantitative estimate of drug-likeness (QED) is 0.734. The van der Waals surface area contributed by atoms with Crippen molar-refractivity contribution in [2.45, 2.75) is 32.6 Å². The highest BCUT2D eigenvalue weighted by molar-refractivity contribution is 5.95. The normalized spacial score (nSPS) is 14.9. The summed E-state index contributed by atoms with van der Waals surface area (Å²) in [5.41, 5.74) is 1.45. The molecule has 6 nitrogen and oxygen atoms in total. The van der Waals surface area contributed by atoms with Gasteiger partial charge in [0.15, 0.2) is 0 Å². The summed E-state index contributed by atoms with van der Waals surface area (Å²) >= 11 is 0. The van der Waals surface area contributed by atoms with Crippen LogP contribution in [-0.2, 0) is 9.59 Å². The van der Waals surface area contributed by atoms with Gasteiger partial charge in [-0.1, -0.05) is 25.5 Å². The number of likely N-dealkylation sites (tertiary alicyclic amines) is 1. The van der Waals surface area contributed by atoms with Crippen LogP contribution < -0.4 is 5.32 Å². The fraction of sp³-hybridized carbons (Fsp3) is 0.500. The maximum Gasteiger partial charge on any atom is 0.251 e. The first-order valence-corrected chi connectivity index (χ1v) is 10.00. The van der Waals surface area contributed by atoms with Gasteiger partial charge in [0.05, 0.1) is 0 Å². The molecule has 0 radical (unpaired) electrons. The van der Waals surface area contributed by atoms with Crippen molar-refractivity contribution in [3.05, 3.63) is 41.5 Å². The molecule has 1 aromatic carbocycles. The lowest BCUT2D eigenvalue weighted by molar-refractivity contribution is -0.138. The van der Waals surface area contributed by atoms with Crippen LogP contribution in [0.3, 0.4) is 0 Å². The minimum absolute atomic E-state index is 0.0205. The van der Waals surface area contributed by atoms with Crippen molar-refractivity contribution >= 4 is 23.8 Å². The zero-order valence-corrected chi connectivity index (χ0v) is 17.1. The molecule has 0 spiro atoms. The van der Waals surface area contributed by atoms with Crippen LogP contribution in [0.1, 0.15) is 48.5 Å². The fourth-order valence-corrected chi connectivity index (χ4v) is 3.33. The molecule has 28 heavy (non-hydrogen) atoms. The van der Waals surface area contributed by atoms with E-state index >= 15 is 0 Å². The number of hydrogen-bond donors (Lipinski definition) is 1. The summed E-state index contributed by atoms with van der Waals surface area (Å²) in [4.78, 5) is 40.1. The average Bonchev–Trinajstić information content (AvgIpc) is 2.75. The number of amides is 3. The first-order chi connectivity index (χ1) is 13.5. The van der Waals surface area contributed by atoms with Gasteiger partial charge in [-0.3, -0.25) is 14.4 Å². The largest absolute Gasteiger partial charge is 0.355 e. The molecular formula is C22H31N3O3. The molecule has 0 aliphatic carbocycles. The summed E-state index contributed by atoms with van der Waals surface area (Å²) in [7, 11) is 3.46. The number of hydrogen-bond acceptors (Lipinski definition) is 3. The van der Waals surface area contributed by atoms with Gasteiger partial charge in [0.2, 0.25) is 11.8 Å². The van der Waals surface area contributed by atoms with Crippen molar-refractivity contribution in [2.75, 3.05) is 33.7 Å². The summed E-state index contributed by atoms with van der Waals surface area (Å²) in [6.07, 6.45) is 6.85. The first kappa shape index (κ1) is 21.7. The molecule has 1 aliphatic rings. The van der Waals surface area contributed by atoms with Gasteiger partial charge in [-0.2, -0.15) is 0 Å². The molecule has 1 aliphatic heterocycles. The Morgan fingerprint density at radius 3 is 2.39 bits per heavy atom. The Kier molecular flexibility index (Phi) is 8.23. The van der Waals surface area contributed by atoms with Crippen molar-refractivity contribution in [3.63, 3.8) is 0 Å². The minimum Gasteiger partial charge on any atom is -0.355 e. The number of nitrogens with zero attached hydrogens (tertiary/aromatic N) is 2. The standard InChI is InChI=1S/C22H31N3O3/c1-4-5-14-24(3)22(28)19-12-15-25(16-13-19)20(26)11-8-17-6-9-18(10-7-17)21(27)23-2/h6-11,19H,4-5,12-16H2,1-3H3,(H,23,27)/b11-8+. The average molecular weight is 386 g/mol. The summed E-state index contributed by atoms with van der Waals surface area (Å²) in [6.45, 7) is 4.13. The van der Waals surface area contributed by atoms with E-state index in [0.29, 0.717) is 18.7 Å². The van der Waals surface area contributed by atoms with E-state index in [9.17, 15) is 14.4 Å². The van der Waals surface area contributed by atoms with E-state index in [4.69, 9.17) is 0 Å². The second-order valence-electron chi connectivity index (χ2n) is 7.25. The number of rotatable bonds is 7. The Morgan fingerprint density at radius 2 is 1.82 bits per heavy atom. The van der Waals surface area contributed by atoms with Crippen LogP contribution in [-0.4, -0.2) is 61.3 Å². The predicted octanol–water partition coefficient (Wildman–Crippen LogP) is 2.56. The van der Waals surface area contributed by atoms with Crippen LogP contribution in [0.15, 0.2) is 30.3 Å². The lowest BCUT2D eigenvalue weighted by Gasteiger charge is -2.32. The van der Waals surface area contributed by atoms with E-state index in [1.165, 1.54) is 0 Å². The molecule has 1 fully saturated rings. The van der Waals surface area contributed by atoms with Crippen molar-refractivity contribution in [3.8, 4) is 0 Å². The summed E-state index contributed by atoms with van der Waals surface area (Å²) in [5, 5.41) is 2.58. The van der Waals surface area contributed by atoms with Crippen LogP contribution in [0.5, 0.6) is 0 Å². The zero-order valence-electron chi connectivity index (χ0n) is 17.1. The minimum atomic E-state index is -0.135. The predicted molar refractivity (Wildman–Crippen MR) is 111 cm³/mol. The SMILES string of the molecule is CCCCN(C)C(=O)C1CCN(C(=O)/C=C/c2ccc(C(=O)NC)cc2)CC1. The smallest absolute Gasteiger partial charge is 0.251 e. The molecule has 0 aromatic heterocycles. The fourth-order valence-electron chi connectivity index (χ4n) is 3.33. The Labute approximate surface area is 167 Å². The van der Waals surface area contributed by atoms with E-state index in [2.05, 4.69) is 12.2 Å². The van der Waals surface area contributed by atoms with Crippen LogP contribution in [0.2, 0.25) is 0 Å². The molecule has 2 rings (SSSR count). The van der Waals surface area contributed by atoms with Crippen molar-refractivity contribution in [1.29, 1.82) is 0 Å². The molecule has 0 atom stereocenters. The van der Waals surface area contributed by atoms with E-state index in [1.807, 2.05) is 24.1 Å². The third-order valence-electron chi connectivity index (χ3n) is 5.20. The molecule has 1 saturated heterocycles. The third kappa shape index (κ3) is 5.94. The number of piperidine rings is 1. The van der Waals surface area contributed by atoms with Crippen LogP contribution in [0.4, 0.5) is 0 Å². The molecule has 0 bridgehead atoms. The molecule has 0 unspecified atom stereocenters. The van der Waals surface area contributed by atoms with E-state index in [-0.39, 0.29) is 23.6 Å². The highest BCUT2D eigenvalue weighted by Crippen LogP contribution is 2.20. The van der Waals surface area contributed by atoms with Gasteiger partial charge in [0.1, 0.15) is 0 Å². The van der Waals surface area contributed by atoms with E-state index in [0.717, 1.165) is 37.8 Å². The second-order valence-corrected chi connectivity index (χ2v) is 7.25. The molecule has 1 heterocycles. The highest BCUT2D eigenvalue weighted by atomic mass is 16.2. The van der Waals surface area contributed by atoms with Crippen LogP contribution in [0.25, 0.3) is 6.08 Å². The maximum atomic E-state index is 12.5. The number of nitrogens with one attached hydrogen (secondary N) is 1. The van der Waals surface area contributed by atoms with Gasteiger partial charge >= 0.3 is 0 Å². The van der Waals surface area contributed by atoms with Gasteiger partial charge in [-0.25, -0.2) is 0 Å². The lowest BCUT2D eigenvalue weighted by atomic mass is 9.95. The molecule has 1 aromatic rings. The number of carbonyl (C=O) groups excluding carboxylic acids is 3. The third-order valence-corrected chi connectivity index (χ3v) is 5.20. The number of unbranched alkanes of at least 4 members (excludes halogenated alkanes) is 1. The number of carbonyl (C=O) groups is 3. The zero-order chi connectivity index (χ0) is 20.5. The highest BCUT2D eigenvalue weighted by Gasteiger charge is 2.28. The van der Waals surface area contributed by atoms with Gasteiger partial charge in [0.25, 0.3) is 5.91 Å². The van der Waals surface area contributed by atoms with Gasteiger partial charge in [0, 0.05) is 51.3 Å². The monoisotopic (exact) mass is 385 g/mol. The maximum absolute atomic E-state index is 12.5. The van der Waals surface area contributed by atoms with E-state index < -0.39 is 0 Å². The molecule has 152 valence electrons. The van der Waals surface area contributed by atoms with Gasteiger partial charge in [-0.05, 0) is 43.0 Å². The molecule has 6 heteroatoms. The summed E-state index contributed by atoms with van der Waals surface area (Å²) in [6, 6.07) is 7.08. The Hall–Kier alpha value is -2.63. The lowest BCUT2D eigenvalue weighted by Crippen LogP contribution is -2.43. The van der Waals surface area contributed by atoms with Crippen molar-refractivity contribution < 1.29 is 14.4 Å². The Balaban J connectivity index is 1.84. The second kappa shape index (κ2) is 10.6. The topological polar surface area (TPSA) is 69.7 Å². The van der Waals surface area contributed by atoms with Gasteiger partial charge < -0.3 is 15.1 Å². The van der Waals surface area contributed by atoms with Crippen molar-refractivity contribution in [1.82, 2.24) is 15.1 Å². The Bertz CT molecular complexity index is 704. The molecular weight excluding hydrogens is 354 g/mol. The molecule has 3 amide bonds. The summed E-state index contributed by atoms with van der Waals surface area (Å²) in [5.74, 6) is 0.0458. The Morgan fingerprint density at radius 1 is 1.18 bits per heavy atom. The van der Waals surface area contributed by atoms with Gasteiger partial charge in [-0.15, -0.1) is 0 Å². The van der Waals surface area contributed by atoms with Crippen molar-refractivity contribution in [2.24, 2.45) is 5.92 Å². The van der Waals surface area contributed by atoms with Crippen LogP contribution >= 0.6 is 0 Å². The summed E-state index contributed by atoms with van der Waals surface area (Å²) < 4.78 is 0. The number of benzene rings is 1.